The number of unbranched alkanes of at least 4 members (excludes halogenated alkanes) is 1. The summed E-state index contributed by atoms with van der Waals surface area (Å²) >= 11 is 0. The SMILES string of the molecule is CCCC[SH](=O)(O)C(C)(C)C. The van der Waals surface area contributed by atoms with E-state index in [1.54, 1.807) is 0 Å². The Balaban J connectivity index is 4.12. The Morgan fingerprint density at radius 1 is 1.36 bits per heavy atom. The van der Waals surface area contributed by atoms with Gasteiger partial charge in [0.15, 0.2) is 0 Å². The molecule has 11 heavy (non-hydrogen) atoms. The number of hydrogen-bond donors (Lipinski definition) is 2. The van der Waals surface area contributed by atoms with Crippen LogP contribution in [0.25, 0.3) is 0 Å². The maximum Gasteiger partial charge on any atom is 0.0452 e. The molecule has 70 valence electrons. The van der Waals surface area contributed by atoms with E-state index >= 15 is 0 Å². The molecule has 0 aliphatic heterocycles. The fourth-order valence-corrected chi connectivity index (χ4v) is 2.12. The van der Waals surface area contributed by atoms with Crippen LogP contribution in [0.4, 0.5) is 0 Å². The third-order valence-corrected chi connectivity index (χ3v) is 4.88. The van der Waals surface area contributed by atoms with Gasteiger partial charge in [0.2, 0.25) is 0 Å². The van der Waals surface area contributed by atoms with Gasteiger partial charge in [0.25, 0.3) is 0 Å². The molecule has 2 nitrogen and oxygen atoms in total. The van der Waals surface area contributed by atoms with E-state index < -0.39 is 15.0 Å². The van der Waals surface area contributed by atoms with E-state index in [9.17, 15) is 8.76 Å². The molecule has 0 bridgehead atoms. The second-order valence-corrected chi connectivity index (χ2v) is 7.14. The van der Waals surface area contributed by atoms with Gasteiger partial charge in [0, 0.05) is 10.5 Å². The zero-order valence-electron chi connectivity index (χ0n) is 7.92. The van der Waals surface area contributed by atoms with Crippen LogP contribution < -0.4 is 0 Å². The highest BCUT2D eigenvalue weighted by molar-refractivity contribution is 7.99. The summed E-state index contributed by atoms with van der Waals surface area (Å²) in [5.41, 5.74) is 0. The van der Waals surface area contributed by atoms with E-state index in [1.165, 1.54) is 0 Å². The molecule has 3 heteroatoms. The lowest BCUT2D eigenvalue weighted by Gasteiger charge is -2.36. The van der Waals surface area contributed by atoms with Crippen molar-refractivity contribution < 1.29 is 8.76 Å². The van der Waals surface area contributed by atoms with E-state index in [0.29, 0.717) is 5.75 Å². The van der Waals surface area contributed by atoms with Gasteiger partial charge in [-0.2, -0.15) is 10.2 Å². The van der Waals surface area contributed by atoms with E-state index in [4.69, 9.17) is 0 Å². The van der Waals surface area contributed by atoms with Crippen molar-refractivity contribution in [2.45, 2.75) is 45.3 Å². The van der Waals surface area contributed by atoms with Crippen molar-refractivity contribution >= 4 is 10.2 Å². The molecule has 0 heterocycles. The molecule has 0 aromatic rings. The van der Waals surface area contributed by atoms with Crippen molar-refractivity contribution in [3.8, 4) is 0 Å². The fourth-order valence-electron chi connectivity index (χ4n) is 0.708. The van der Waals surface area contributed by atoms with Crippen molar-refractivity contribution in [3.63, 3.8) is 0 Å². The Bertz CT molecular complexity index is 158. The van der Waals surface area contributed by atoms with Gasteiger partial charge in [-0.1, -0.05) is 13.3 Å². The monoisotopic (exact) mass is 180 g/mol. The average molecular weight is 180 g/mol. The Labute approximate surface area is 70.6 Å². The van der Waals surface area contributed by atoms with Gasteiger partial charge in [0.1, 0.15) is 0 Å². The van der Waals surface area contributed by atoms with Gasteiger partial charge >= 0.3 is 0 Å². The zero-order chi connectivity index (χ0) is 9.12. The van der Waals surface area contributed by atoms with Crippen molar-refractivity contribution in [1.82, 2.24) is 0 Å². The van der Waals surface area contributed by atoms with Gasteiger partial charge < -0.3 is 4.55 Å². The first-order valence-electron chi connectivity index (χ1n) is 4.13. The largest absolute Gasteiger partial charge is 0.305 e. The molecule has 0 atom stereocenters. The molecule has 0 spiro atoms. The van der Waals surface area contributed by atoms with Gasteiger partial charge in [0.05, 0.1) is 0 Å². The maximum absolute atomic E-state index is 11.5. The molecule has 0 saturated carbocycles. The molecule has 0 aliphatic carbocycles. The van der Waals surface area contributed by atoms with Crippen LogP contribution in [0, 0.1) is 0 Å². The Kier molecular flexibility index (Phi) is 3.71. The Hall–Kier alpha value is 0.110. The van der Waals surface area contributed by atoms with Crippen molar-refractivity contribution in [1.29, 1.82) is 0 Å². The Morgan fingerprint density at radius 2 is 1.82 bits per heavy atom. The highest BCUT2D eigenvalue weighted by atomic mass is 32.3. The molecular weight excluding hydrogens is 160 g/mol. The number of rotatable bonds is 3. The summed E-state index contributed by atoms with van der Waals surface area (Å²) in [4.78, 5) is 0. The minimum atomic E-state index is -2.89. The number of hydrogen-bond acceptors (Lipinski definition) is 1. The highest BCUT2D eigenvalue weighted by Gasteiger charge is 2.22. The van der Waals surface area contributed by atoms with Gasteiger partial charge in [-0.05, 0) is 27.2 Å². The molecule has 0 radical (unpaired) electrons. The molecule has 0 aliphatic rings. The normalized spacial score (nSPS) is 15.0. The number of thiol groups is 1. The topological polar surface area (TPSA) is 37.3 Å². The summed E-state index contributed by atoms with van der Waals surface area (Å²) in [6.45, 7) is 7.50. The second kappa shape index (κ2) is 3.68. The summed E-state index contributed by atoms with van der Waals surface area (Å²) in [6.07, 6.45) is 1.84. The third kappa shape index (κ3) is 3.34. The molecule has 0 unspecified atom stereocenters. The van der Waals surface area contributed by atoms with Crippen LogP contribution in [-0.4, -0.2) is 19.3 Å². The molecule has 1 N–H and O–H groups in total. The van der Waals surface area contributed by atoms with Crippen molar-refractivity contribution in [3.05, 3.63) is 0 Å². The standard InChI is InChI=1S/C8H20O2S/c1-5-6-7-11(9,10)8(2,3)4/h11H,5-7H2,1-4H3,(H,9,10). The van der Waals surface area contributed by atoms with Crippen LogP contribution in [0.2, 0.25) is 0 Å². The summed E-state index contributed by atoms with van der Waals surface area (Å²) in [6, 6.07) is 0. The first-order valence-corrected chi connectivity index (χ1v) is 5.97. The van der Waals surface area contributed by atoms with Crippen LogP contribution in [-0.2, 0) is 10.2 Å². The second-order valence-electron chi connectivity index (χ2n) is 3.95. The van der Waals surface area contributed by atoms with E-state index in [0.717, 1.165) is 12.8 Å². The lowest BCUT2D eigenvalue weighted by atomic mass is 10.3. The average Bonchev–Trinajstić information content (AvgIpc) is 1.81. The molecule has 0 rings (SSSR count). The summed E-state index contributed by atoms with van der Waals surface area (Å²) in [5, 5.41) is 0. The highest BCUT2D eigenvalue weighted by Crippen LogP contribution is 2.22. The molecule has 0 saturated heterocycles. The smallest absolute Gasteiger partial charge is 0.0452 e. The third-order valence-electron chi connectivity index (χ3n) is 1.86. The molecule has 0 aromatic heterocycles. The lowest BCUT2D eigenvalue weighted by Crippen LogP contribution is -2.36. The quantitative estimate of drug-likeness (QED) is 0.652. The van der Waals surface area contributed by atoms with Crippen molar-refractivity contribution in [2.75, 3.05) is 5.75 Å². The van der Waals surface area contributed by atoms with E-state index in [1.807, 2.05) is 27.7 Å². The van der Waals surface area contributed by atoms with Gasteiger partial charge in [-0.25, -0.2) is 4.21 Å². The fraction of sp³-hybridized carbons (Fsp3) is 1.00. The zero-order valence-corrected chi connectivity index (χ0v) is 8.82. The van der Waals surface area contributed by atoms with Crippen LogP contribution in [0.1, 0.15) is 40.5 Å². The van der Waals surface area contributed by atoms with Gasteiger partial charge in [-0.3, -0.25) is 0 Å². The van der Waals surface area contributed by atoms with Crippen LogP contribution in [0.15, 0.2) is 0 Å². The minimum absolute atomic E-state index is 0.442. The predicted molar refractivity (Wildman–Crippen MR) is 51.7 cm³/mol. The molecule has 0 amide bonds. The molecular formula is C8H20O2S. The molecule has 0 fully saturated rings. The predicted octanol–water partition coefficient (Wildman–Crippen LogP) is 2.07. The lowest BCUT2D eigenvalue weighted by molar-refractivity contribution is 0.498. The summed E-state index contributed by atoms with van der Waals surface area (Å²) in [7, 11) is -2.89. The first-order chi connectivity index (χ1) is 4.81. The van der Waals surface area contributed by atoms with E-state index in [2.05, 4.69) is 0 Å². The maximum atomic E-state index is 11.5. The van der Waals surface area contributed by atoms with Crippen LogP contribution >= 0.6 is 0 Å². The minimum Gasteiger partial charge on any atom is -0.305 e. The van der Waals surface area contributed by atoms with Crippen molar-refractivity contribution in [2.24, 2.45) is 0 Å². The summed E-state index contributed by atoms with van der Waals surface area (Å²) in [5.74, 6) is 0.465. The first kappa shape index (κ1) is 11.1. The van der Waals surface area contributed by atoms with Gasteiger partial charge in [-0.15, -0.1) is 0 Å². The summed E-state index contributed by atoms with van der Waals surface area (Å²) < 4.78 is 20.6. The molecule has 0 aromatic carbocycles. The van der Waals surface area contributed by atoms with Crippen LogP contribution in [0.5, 0.6) is 0 Å². The van der Waals surface area contributed by atoms with E-state index in [-0.39, 0.29) is 0 Å². The van der Waals surface area contributed by atoms with Crippen LogP contribution in [0.3, 0.4) is 0 Å². The Morgan fingerprint density at radius 3 is 2.09 bits per heavy atom.